The number of hydrogen-bond acceptors (Lipinski definition) is 9. The van der Waals surface area contributed by atoms with Crippen molar-refractivity contribution in [3.8, 4) is 5.75 Å². The molecule has 0 fully saturated rings. The van der Waals surface area contributed by atoms with E-state index in [1.165, 1.54) is 11.3 Å². The number of halogens is 1. The number of carboxylic acid groups (broad SMARTS) is 1. The second-order valence-electron chi connectivity index (χ2n) is 7.97. The van der Waals surface area contributed by atoms with Crippen LogP contribution in [0.2, 0.25) is 0 Å². The molecule has 1 aliphatic heterocycles. The standard InChI is InChI=1S/C14H14N2O5S.C9H10N2O2.ClH/c1-2-21-14(20)6-3-4-8-7(5-6)9-11(17)15-10(13(18)19)16-12(9)22-8;10-4-6-1-2-8-7(3-6)11-9(12)5-13-8;/h6H,2-5H2,1H3,(H,18,19)(H,15,16,17);1-3H,4-5,10H2,(H,11,12);1H. The summed E-state index contributed by atoms with van der Waals surface area (Å²) in [7, 11) is 0. The summed E-state index contributed by atoms with van der Waals surface area (Å²) in [4.78, 5) is 53.7. The average molecular weight is 537 g/mol. The minimum absolute atomic E-state index is 0. The largest absolute Gasteiger partial charge is 0.482 e. The molecule has 1 unspecified atom stereocenters. The van der Waals surface area contributed by atoms with Crippen LogP contribution in [0.1, 0.15) is 40.0 Å². The first-order valence-corrected chi connectivity index (χ1v) is 11.8. The summed E-state index contributed by atoms with van der Waals surface area (Å²) in [5.41, 5.74) is 7.48. The van der Waals surface area contributed by atoms with Gasteiger partial charge in [-0.2, -0.15) is 0 Å². The van der Waals surface area contributed by atoms with Crippen molar-refractivity contribution in [3.63, 3.8) is 0 Å². The molecule has 3 heterocycles. The van der Waals surface area contributed by atoms with Gasteiger partial charge in [0.15, 0.2) is 6.61 Å². The van der Waals surface area contributed by atoms with Crippen LogP contribution in [0.3, 0.4) is 0 Å². The highest BCUT2D eigenvalue weighted by Crippen LogP contribution is 2.36. The maximum absolute atomic E-state index is 12.2. The third-order valence-corrected chi connectivity index (χ3v) is 6.84. The van der Waals surface area contributed by atoms with Crippen LogP contribution >= 0.6 is 23.7 Å². The number of aromatic amines is 1. The van der Waals surface area contributed by atoms with Gasteiger partial charge in [-0.25, -0.2) is 9.78 Å². The summed E-state index contributed by atoms with van der Waals surface area (Å²) in [6.45, 7) is 2.64. The number of nitrogens with zero attached hydrogens (tertiary/aromatic N) is 1. The first-order chi connectivity index (χ1) is 16.8. The van der Waals surface area contributed by atoms with Gasteiger partial charge in [-0.1, -0.05) is 6.07 Å². The molecule has 1 aromatic carbocycles. The quantitative estimate of drug-likeness (QED) is 0.364. The zero-order valence-corrected chi connectivity index (χ0v) is 20.9. The monoisotopic (exact) mass is 536 g/mol. The lowest BCUT2D eigenvalue weighted by atomic mass is 9.87. The number of aromatic carboxylic acids is 1. The van der Waals surface area contributed by atoms with E-state index in [0.29, 0.717) is 54.1 Å². The van der Waals surface area contributed by atoms with E-state index >= 15 is 0 Å². The Morgan fingerprint density at radius 2 is 2.11 bits per heavy atom. The predicted octanol–water partition coefficient (Wildman–Crippen LogP) is 2.25. The molecule has 5 N–H and O–H groups in total. The summed E-state index contributed by atoms with van der Waals surface area (Å²) in [5.74, 6) is -1.56. The Kier molecular flexibility index (Phi) is 8.66. The van der Waals surface area contributed by atoms with Gasteiger partial charge >= 0.3 is 11.9 Å². The number of hydrogen-bond donors (Lipinski definition) is 4. The Morgan fingerprint density at radius 3 is 2.81 bits per heavy atom. The van der Waals surface area contributed by atoms with Gasteiger partial charge in [0.2, 0.25) is 5.82 Å². The van der Waals surface area contributed by atoms with Gasteiger partial charge in [0.25, 0.3) is 11.5 Å². The van der Waals surface area contributed by atoms with E-state index in [0.717, 1.165) is 16.0 Å². The molecule has 3 aromatic rings. The molecule has 192 valence electrons. The van der Waals surface area contributed by atoms with Crippen molar-refractivity contribution in [3.05, 3.63) is 50.4 Å². The highest BCUT2D eigenvalue weighted by molar-refractivity contribution is 7.18. The number of nitrogens with one attached hydrogen (secondary N) is 2. The van der Waals surface area contributed by atoms with E-state index in [9.17, 15) is 19.2 Å². The van der Waals surface area contributed by atoms with Crippen molar-refractivity contribution in [2.24, 2.45) is 11.7 Å². The summed E-state index contributed by atoms with van der Waals surface area (Å²) in [6.07, 6.45) is 1.77. The Balaban J connectivity index is 0.000000221. The number of ether oxygens (including phenoxy) is 2. The number of thiophene rings is 1. The fourth-order valence-corrected chi connectivity index (χ4v) is 5.22. The molecule has 1 atom stereocenters. The number of benzene rings is 1. The van der Waals surface area contributed by atoms with Crippen molar-refractivity contribution in [2.45, 2.75) is 32.7 Å². The van der Waals surface area contributed by atoms with Gasteiger partial charge in [0.05, 0.1) is 23.6 Å². The molecule has 0 saturated carbocycles. The minimum atomic E-state index is -1.27. The van der Waals surface area contributed by atoms with Crippen molar-refractivity contribution in [2.75, 3.05) is 18.5 Å². The van der Waals surface area contributed by atoms with Crippen LogP contribution in [0.5, 0.6) is 5.75 Å². The van der Waals surface area contributed by atoms with Gasteiger partial charge in [-0.3, -0.25) is 14.4 Å². The van der Waals surface area contributed by atoms with Gasteiger partial charge in [-0.15, -0.1) is 23.7 Å². The molecular formula is C23H25ClN4O7S. The normalized spacial score (nSPS) is 15.7. The number of esters is 1. The third-order valence-electron chi connectivity index (χ3n) is 5.65. The van der Waals surface area contributed by atoms with Crippen LogP contribution in [0, 0.1) is 5.92 Å². The molecule has 11 nitrogen and oxygen atoms in total. The van der Waals surface area contributed by atoms with E-state index in [-0.39, 0.29) is 42.6 Å². The summed E-state index contributed by atoms with van der Waals surface area (Å²) in [6, 6.07) is 5.53. The molecule has 0 spiro atoms. The SMILES string of the molecule is CCOC(=O)C1CCc2sc3nc(C(=O)O)[nH]c(=O)c3c2C1.Cl.NCc1ccc2c(c1)NC(=O)CO2. The molecule has 13 heteroatoms. The smallest absolute Gasteiger partial charge is 0.372 e. The molecule has 1 amide bonds. The summed E-state index contributed by atoms with van der Waals surface area (Å²) < 4.78 is 10.2. The maximum atomic E-state index is 12.2. The molecule has 5 rings (SSSR count). The molecule has 0 radical (unpaired) electrons. The van der Waals surface area contributed by atoms with Crippen LogP contribution < -0.4 is 21.3 Å². The molecule has 1 aliphatic carbocycles. The van der Waals surface area contributed by atoms with Gasteiger partial charge in [0.1, 0.15) is 10.6 Å². The molecule has 36 heavy (non-hydrogen) atoms. The summed E-state index contributed by atoms with van der Waals surface area (Å²) >= 11 is 1.33. The van der Waals surface area contributed by atoms with Crippen LogP contribution in [0.4, 0.5) is 5.69 Å². The number of aryl methyl sites for hydroxylation is 1. The lowest BCUT2D eigenvalue weighted by molar-refractivity contribution is -0.148. The van der Waals surface area contributed by atoms with Crippen molar-refractivity contribution >= 4 is 57.5 Å². The van der Waals surface area contributed by atoms with Crippen LogP contribution in [0.25, 0.3) is 10.2 Å². The van der Waals surface area contributed by atoms with Crippen LogP contribution in [0.15, 0.2) is 23.0 Å². The van der Waals surface area contributed by atoms with Crippen LogP contribution in [-0.2, 0) is 33.7 Å². The first-order valence-electron chi connectivity index (χ1n) is 11.0. The van der Waals surface area contributed by atoms with Crippen molar-refractivity contribution in [1.29, 1.82) is 0 Å². The minimum Gasteiger partial charge on any atom is -0.482 e. The highest BCUT2D eigenvalue weighted by Gasteiger charge is 2.30. The van der Waals surface area contributed by atoms with E-state index < -0.39 is 11.5 Å². The zero-order chi connectivity index (χ0) is 25.1. The third kappa shape index (κ3) is 5.66. The van der Waals surface area contributed by atoms with E-state index in [1.807, 2.05) is 18.2 Å². The molecule has 2 aliphatic rings. The molecule has 0 saturated heterocycles. The molecular weight excluding hydrogens is 512 g/mol. The number of nitrogens with two attached hydrogens (primary N) is 1. The lowest BCUT2D eigenvalue weighted by Gasteiger charge is -2.20. The highest BCUT2D eigenvalue weighted by atomic mass is 35.5. The number of carbonyl (C=O) groups excluding carboxylic acids is 2. The van der Waals surface area contributed by atoms with E-state index in [4.69, 9.17) is 20.3 Å². The number of H-pyrrole nitrogens is 1. The molecule has 2 aromatic heterocycles. The number of carboxylic acids is 1. The van der Waals surface area contributed by atoms with Crippen molar-refractivity contribution < 1.29 is 29.0 Å². The van der Waals surface area contributed by atoms with E-state index in [1.54, 1.807) is 6.92 Å². The number of carbonyl (C=O) groups is 3. The Labute approximate surface area is 215 Å². The zero-order valence-electron chi connectivity index (χ0n) is 19.3. The average Bonchev–Trinajstić information content (AvgIpc) is 3.22. The van der Waals surface area contributed by atoms with E-state index in [2.05, 4.69) is 15.3 Å². The summed E-state index contributed by atoms with van der Waals surface area (Å²) in [5, 5.41) is 12.1. The number of anilines is 1. The number of aromatic nitrogens is 2. The maximum Gasteiger partial charge on any atom is 0.372 e. The Bertz CT molecular complexity index is 1370. The number of fused-ring (bicyclic) bond motifs is 4. The first kappa shape index (κ1) is 27.1. The second kappa shape index (κ2) is 11.5. The topological polar surface area (TPSA) is 174 Å². The fraction of sp³-hybridized carbons (Fsp3) is 0.348. The lowest BCUT2D eigenvalue weighted by Crippen LogP contribution is -2.25. The Hall–Kier alpha value is -3.48. The second-order valence-corrected chi connectivity index (χ2v) is 9.05. The van der Waals surface area contributed by atoms with Gasteiger partial charge in [0, 0.05) is 11.4 Å². The van der Waals surface area contributed by atoms with Gasteiger partial charge < -0.3 is 30.6 Å². The van der Waals surface area contributed by atoms with Gasteiger partial charge in [-0.05, 0) is 49.4 Å². The number of amides is 1. The van der Waals surface area contributed by atoms with Crippen molar-refractivity contribution in [1.82, 2.24) is 9.97 Å². The van der Waals surface area contributed by atoms with Crippen LogP contribution in [-0.4, -0.2) is 46.1 Å². The Morgan fingerprint density at radius 1 is 1.33 bits per heavy atom. The number of rotatable bonds is 4. The fourth-order valence-electron chi connectivity index (χ4n) is 4.00. The predicted molar refractivity (Wildman–Crippen MR) is 135 cm³/mol. The molecule has 0 bridgehead atoms.